The third kappa shape index (κ3) is 8.65. The lowest BCUT2D eigenvalue weighted by Gasteiger charge is -2.24. The molecule has 0 saturated carbocycles. The summed E-state index contributed by atoms with van der Waals surface area (Å²) in [5.41, 5.74) is 8.61. The molecule has 0 fully saturated rings. The lowest BCUT2D eigenvalue weighted by Crippen LogP contribution is -2.27. The van der Waals surface area contributed by atoms with E-state index in [1.165, 1.54) is 21.0 Å². The third-order valence-corrected chi connectivity index (χ3v) is 5.71. The van der Waals surface area contributed by atoms with Crippen molar-refractivity contribution in [1.29, 1.82) is 0 Å². The summed E-state index contributed by atoms with van der Waals surface area (Å²) < 4.78 is 16.4. The largest absolute Gasteiger partial charge is 0.504 e. The van der Waals surface area contributed by atoms with Crippen molar-refractivity contribution in [3.63, 3.8) is 0 Å². The molecule has 0 radical (unpaired) electrons. The van der Waals surface area contributed by atoms with Crippen LogP contribution < -0.4 is 15.8 Å². The lowest BCUT2D eigenvalue weighted by molar-refractivity contribution is -0.153. The van der Waals surface area contributed by atoms with Crippen molar-refractivity contribution >= 4 is 17.5 Å². The molecule has 1 heterocycles. The number of ether oxygens (including phenoxy) is 3. The Morgan fingerprint density at radius 3 is 2.38 bits per heavy atom. The number of nitrogens with one attached hydrogen (secondary N) is 1. The van der Waals surface area contributed by atoms with Crippen LogP contribution in [0.5, 0.6) is 11.5 Å². The van der Waals surface area contributed by atoms with E-state index >= 15 is 0 Å². The first-order valence-corrected chi connectivity index (χ1v) is 11.9. The normalized spacial score (nSPS) is 14.8. The van der Waals surface area contributed by atoms with Gasteiger partial charge >= 0.3 is 11.9 Å². The molecule has 8 heteroatoms. The Bertz CT molecular complexity index is 909. The summed E-state index contributed by atoms with van der Waals surface area (Å²) in [6, 6.07) is 3.47. The number of hydrogen-bond donors (Lipinski definition) is 3. The van der Waals surface area contributed by atoms with Crippen LogP contribution >= 0.6 is 0 Å². The second kappa shape index (κ2) is 13.5. The fourth-order valence-electron chi connectivity index (χ4n) is 4.14. The molecule has 2 rings (SSSR count). The van der Waals surface area contributed by atoms with Crippen LogP contribution in [-0.4, -0.2) is 42.9 Å². The van der Waals surface area contributed by atoms with Gasteiger partial charge in [0, 0.05) is 26.8 Å². The zero-order valence-electron chi connectivity index (χ0n) is 20.7. The van der Waals surface area contributed by atoms with E-state index < -0.39 is 6.10 Å². The minimum absolute atomic E-state index is 0.0371. The smallest absolute Gasteiger partial charge is 0.302 e. The molecule has 0 saturated heterocycles. The highest BCUT2D eigenvalue weighted by Gasteiger charge is 2.23. The molecular formula is C26H38N2O6. The maximum absolute atomic E-state index is 11.8. The molecule has 0 bridgehead atoms. The molecule has 0 amide bonds. The van der Waals surface area contributed by atoms with E-state index in [9.17, 15) is 14.7 Å². The maximum atomic E-state index is 11.8. The Balaban J connectivity index is 2.25. The van der Waals surface area contributed by atoms with E-state index in [1.54, 1.807) is 12.1 Å². The first-order chi connectivity index (χ1) is 16.2. The van der Waals surface area contributed by atoms with E-state index in [-0.39, 0.29) is 23.8 Å². The first kappa shape index (κ1) is 27.1. The Morgan fingerprint density at radius 2 is 1.79 bits per heavy atom. The molecule has 8 nitrogen and oxygen atoms in total. The molecule has 34 heavy (non-hydrogen) atoms. The monoisotopic (exact) mass is 474 g/mol. The molecule has 1 aromatic rings. The number of phenolic OH excluding ortho intramolecular Hbond substituents is 1. The van der Waals surface area contributed by atoms with E-state index in [1.807, 2.05) is 12.2 Å². The van der Waals surface area contributed by atoms with E-state index in [0.717, 1.165) is 42.4 Å². The van der Waals surface area contributed by atoms with Crippen molar-refractivity contribution in [3.05, 3.63) is 41.2 Å². The highest BCUT2D eigenvalue weighted by atomic mass is 16.6. The average Bonchev–Trinajstić information content (AvgIpc) is 2.77. The summed E-state index contributed by atoms with van der Waals surface area (Å²) in [5, 5.41) is 13.4. The molecule has 1 aliphatic rings. The number of methoxy groups -OCH3 is 1. The van der Waals surface area contributed by atoms with Crippen LogP contribution in [-0.2, 0) is 25.5 Å². The molecular weight excluding hydrogens is 436 g/mol. The molecule has 188 valence electrons. The number of unbranched alkanes of at least 4 members (excludes halogenated alkanes) is 2. The van der Waals surface area contributed by atoms with Gasteiger partial charge in [-0.3, -0.25) is 9.59 Å². The van der Waals surface area contributed by atoms with E-state index in [4.69, 9.17) is 19.9 Å². The fraction of sp³-hybridized carbons (Fsp3) is 0.538. The number of carbonyl (C=O) groups excluding carboxylic acids is 2. The molecule has 1 aliphatic heterocycles. The first-order valence-electron chi connectivity index (χ1n) is 11.9. The lowest BCUT2D eigenvalue weighted by atomic mass is 9.92. The van der Waals surface area contributed by atoms with E-state index in [0.29, 0.717) is 37.4 Å². The Morgan fingerprint density at radius 1 is 1.12 bits per heavy atom. The highest BCUT2D eigenvalue weighted by Crippen LogP contribution is 2.35. The Hall–Kier alpha value is -3.16. The van der Waals surface area contributed by atoms with Gasteiger partial charge in [-0.25, -0.2) is 0 Å². The molecule has 0 aromatic heterocycles. The van der Waals surface area contributed by atoms with Gasteiger partial charge in [-0.1, -0.05) is 25.8 Å². The molecule has 0 spiro atoms. The topological polar surface area (TPSA) is 120 Å². The van der Waals surface area contributed by atoms with Gasteiger partial charge in [-0.15, -0.1) is 0 Å². The summed E-state index contributed by atoms with van der Waals surface area (Å²) in [7, 11) is 1.50. The zero-order chi connectivity index (χ0) is 25.1. The quantitative estimate of drug-likeness (QED) is 0.290. The number of nitrogens with two attached hydrogens (primary N) is 1. The van der Waals surface area contributed by atoms with Crippen LogP contribution in [0, 0.1) is 0 Å². The SMILES string of the molecule is CCCCCC(CC(CCc1cc(OC)c(O)cc1C1=CCNC(N)=C1)OC(C)=O)OC(C)=O. The second-order valence-electron chi connectivity index (χ2n) is 8.55. The number of esters is 2. The molecule has 2 unspecified atom stereocenters. The van der Waals surface area contributed by atoms with Crippen LogP contribution in [0.2, 0.25) is 0 Å². The molecule has 0 aliphatic carbocycles. The van der Waals surface area contributed by atoms with Crippen molar-refractivity contribution in [1.82, 2.24) is 5.32 Å². The van der Waals surface area contributed by atoms with Crippen molar-refractivity contribution < 1.29 is 28.9 Å². The van der Waals surface area contributed by atoms with Gasteiger partial charge in [0.15, 0.2) is 11.5 Å². The summed E-state index contributed by atoms with van der Waals surface area (Å²) in [5.74, 6) is 0.241. The number of carbonyl (C=O) groups is 2. The van der Waals surface area contributed by atoms with Gasteiger partial charge in [-0.2, -0.15) is 0 Å². The van der Waals surface area contributed by atoms with Crippen molar-refractivity contribution in [2.24, 2.45) is 5.73 Å². The number of aromatic hydroxyl groups is 1. The molecule has 2 atom stereocenters. The summed E-state index contributed by atoms with van der Waals surface area (Å²) in [4.78, 5) is 23.4. The van der Waals surface area contributed by atoms with Crippen LogP contribution in [0.3, 0.4) is 0 Å². The van der Waals surface area contributed by atoms with Gasteiger partial charge in [0.25, 0.3) is 0 Å². The van der Waals surface area contributed by atoms with Crippen LogP contribution in [0.15, 0.2) is 30.1 Å². The van der Waals surface area contributed by atoms with E-state index in [2.05, 4.69) is 12.2 Å². The predicted molar refractivity (Wildman–Crippen MR) is 131 cm³/mol. The highest BCUT2D eigenvalue weighted by molar-refractivity contribution is 5.79. The molecule has 1 aromatic carbocycles. The van der Waals surface area contributed by atoms with Crippen LogP contribution in [0.25, 0.3) is 5.57 Å². The average molecular weight is 475 g/mol. The summed E-state index contributed by atoms with van der Waals surface area (Å²) in [6.07, 6.45) is 8.40. The minimum Gasteiger partial charge on any atom is -0.504 e. The fourth-order valence-corrected chi connectivity index (χ4v) is 4.14. The van der Waals surface area contributed by atoms with Crippen molar-refractivity contribution in [2.45, 2.75) is 77.9 Å². The minimum atomic E-state index is -0.418. The summed E-state index contributed by atoms with van der Waals surface area (Å²) >= 11 is 0. The van der Waals surface area contributed by atoms with Crippen LogP contribution in [0.4, 0.5) is 0 Å². The van der Waals surface area contributed by atoms with Gasteiger partial charge in [0.1, 0.15) is 12.2 Å². The number of rotatable bonds is 13. The van der Waals surface area contributed by atoms with Crippen LogP contribution in [0.1, 0.15) is 70.4 Å². The molecule has 4 N–H and O–H groups in total. The number of benzene rings is 1. The van der Waals surface area contributed by atoms with Gasteiger partial charge in [-0.05, 0) is 60.6 Å². The van der Waals surface area contributed by atoms with Gasteiger partial charge < -0.3 is 30.4 Å². The summed E-state index contributed by atoms with van der Waals surface area (Å²) in [6.45, 7) is 5.48. The zero-order valence-corrected chi connectivity index (χ0v) is 20.7. The van der Waals surface area contributed by atoms with Gasteiger partial charge in [0.05, 0.1) is 12.9 Å². The third-order valence-electron chi connectivity index (χ3n) is 5.71. The number of allylic oxidation sites excluding steroid dienone is 2. The van der Waals surface area contributed by atoms with Crippen molar-refractivity contribution in [3.8, 4) is 11.5 Å². The number of aryl methyl sites for hydroxylation is 1. The van der Waals surface area contributed by atoms with Crippen molar-refractivity contribution in [2.75, 3.05) is 13.7 Å². The maximum Gasteiger partial charge on any atom is 0.302 e. The Labute approximate surface area is 202 Å². The van der Waals surface area contributed by atoms with Gasteiger partial charge in [0.2, 0.25) is 0 Å². The predicted octanol–water partition coefficient (Wildman–Crippen LogP) is 3.95. The number of hydrogen-bond acceptors (Lipinski definition) is 8. The number of dihydropyridines is 1. The Kier molecular flexibility index (Phi) is 10.8. The standard InChI is InChI=1S/C26H38N2O6/c1-5-6-7-8-21(33-17(2)29)15-22(34-18(3)30)10-9-19-13-25(32-4)24(31)16-23(19)20-11-12-28-26(27)14-20/h11,13-14,16,21-22,28,31H,5-10,12,15,27H2,1-4H3. The number of phenols is 1. The second-order valence-corrected chi connectivity index (χ2v) is 8.55.